The number of nitrogens with zero attached hydrogens (tertiary/aromatic N) is 4. The van der Waals surface area contributed by atoms with Crippen LogP contribution >= 0.6 is 0 Å². The molecule has 4 rings (SSSR count). The van der Waals surface area contributed by atoms with Gasteiger partial charge < -0.3 is 14.4 Å². The van der Waals surface area contributed by atoms with Gasteiger partial charge in [0, 0.05) is 19.3 Å². The minimum Gasteiger partial charge on any atom is -0.435 e. The summed E-state index contributed by atoms with van der Waals surface area (Å²) in [4.78, 5) is 32.0. The number of hydrogen-bond donors (Lipinski definition) is 0. The molecule has 9 heteroatoms. The number of halogens is 1. The number of fused-ring (bicyclic) bond motifs is 1. The van der Waals surface area contributed by atoms with Crippen molar-refractivity contribution in [3.05, 3.63) is 75.5 Å². The second kappa shape index (κ2) is 8.99. The Morgan fingerprint density at radius 3 is 2.72 bits per heavy atom. The summed E-state index contributed by atoms with van der Waals surface area (Å²) in [5, 5.41) is 9.63. The lowest BCUT2D eigenvalue weighted by molar-refractivity contribution is -0.130. The minimum absolute atomic E-state index is 0.130. The fourth-order valence-corrected chi connectivity index (χ4v) is 3.35. The number of amides is 1. The highest BCUT2D eigenvalue weighted by molar-refractivity contribution is 6.02. The summed E-state index contributed by atoms with van der Waals surface area (Å²) in [5.41, 5.74) is 0.0845. The Morgan fingerprint density at radius 1 is 1.25 bits per heavy atom. The van der Waals surface area contributed by atoms with Crippen molar-refractivity contribution in [2.75, 3.05) is 26.3 Å². The first-order chi connectivity index (χ1) is 15.5. The summed E-state index contributed by atoms with van der Waals surface area (Å²) in [7, 11) is 0. The first-order valence-corrected chi connectivity index (χ1v) is 9.93. The van der Waals surface area contributed by atoms with E-state index in [-0.39, 0.29) is 22.8 Å². The molecule has 0 spiro atoms. The zero-order valence-corrected chi connectivity index (χ0v) is 17.2. The monoisotopic (exact) mass is 434 g/mol. The number of morpholine rings is 1. The summed E-state index contributed by atoms with van der Waals surface area (Å²) in [6, 6.07) is 11.0. The van der Waals surface area contributed by atoms with Crippen LogP contribution in [-0.2, 0) is 9.53 Å². The third-order valence-corrected chi connectivity index (χ3v) is 5.03. The fourth-order valence-electron chi connectivity index (χ4n) is 3.35. The molecule has 3 heterocycles. The molecule has 32 heavy (non-hydrogen) atoms. The maximum absolute atomic E-state index is 14.2. The highest BCUT2D eigenvalue weighted by Gasteiger charge is 2.23. The molecule has 0 N–H and O–H groups in total. The van der Waals surface area contributed by atoms with Crippen LogP contribution in [0.2, 0.25) is 0 Å². The molecule has 0 unspecified atom stereocenters. The van der Waals surface area contributed by atoms with E-state index in [4.69, 9.17) is 9.47 Å². The van der Waals surface area contributed by atoms with Crippen LogP contribution in [0, 0.1) is 24.1 Å². The van der Waals surface area contributed by atoms with E-state index in [9.17, 15) is 19.2 Å². The zero-order chi connectivity index (χ0) is 22.7. The van der Waals surface area contributed by atoms with Gasteiger partial charge in [-0.25, -0.2) is 4.39 Å². The van der Waals surface area contributed by atoms with Crippen LogP contribution in [0.15, 0.2) is 53.0 Å². The van der Waals surface area contributed by atoms with Gasteiger partial charge in [0.05, 0.1) is 13.2 Å². The second-order valence-electron chi connectivity index (χ2n) is 7.13. The van der Waals surface area contributed by atoms with Crippen molar-refractivity contribution in [1.82, 2.24) is 14.3 Å². The molecule has 2 aromatic heterocycles. The van der Waals surface area contributed by atoms with E-state index < -0.39 is 17.3 Å². The Labute approximate surface area is 182 Å². The van der Waals surface area contributed by atoms with Crippen molar-refractivity contribution in [2.24, 2.45) is 0 Å². The lowest BCUT2D eigenvalue weighted by atomic mass is 10.1. The number of benzene rings is 1. The zero-order valence-electron chi connectivity index (χ0n) is 17.2. The lowest BCUT2D eigenvalue weighted by Crippen LogP contribution is -2.41. The van der Waals surface area contributed by atoms with Crippen molar-refractivity contribution in [1.29, 1.82) is 5.26 Å². The summed E-state index contributed by atoms with van der Waals surface area (Å²) < 4.78 is 26.4. The molecule has 1 fully saturated rings. The number of hydrogen-bond acceptors (Lipinski definition) is 6. The largest absolute Gasteiger partial charge is 0.435 e. The maximum atomic E-state index is 14.2. The van der Waals surface area contributed by atoms with E-state index in [0.29, 0.717) is 37.5 Å². The van der Waals surface area contributed by atoms with Crippen LogP contribution in [0.4, 0.5) is 4.39 Å². The van der Waals surface area contributed by atoms with Gasteiger partial charge in [-0.3, -0.25) is 14.0 Å². The first kappa shape index (κ1) is 21.2. The third-order valence-electron chi connectivity index (χ3n) is 5.03. The second-order valence-corrected chi connectivity index (χ2v) is 7.13. The molecular formula is C23H19FN4O4. The van der Waals surface area contributed by atoms with E-state index in [2.05, 4.69) is 4.98 Å². The molecule has 0 saturated carbocycles. The average molecular weight is 434 g/mol. The number of carbonyl (C=O) groups is 1. The summed E-state index contributed by atoms with van der Waals surface area (Å²) in [5.74, 6) is -1.50. The van der Waals surface area contributed by atoms with E-state index in [1.165, 1.54) is 33.7 Å². The number of para-hydroxylation sites is 1. The molecule has 1 aromatic carbocycles. The van der Waals surface area contributed by atoms with Crippen molar-refractivity contribution in [2.45, 2.75) is 6.92 Å². The van der Waals surface area contributed by atoms with Crippen molar-refractivity contribution in [3.8, 4) is 17.7 Å². The number of nitriles is 1. The molecule has 0 bridgehead atoms. The Morgan fingerprint density at radius 2 is 2.00 bits per heavy atom. The van der Waals surface area contributed by atoms with Gasteiger partial charge in [0.1, 0.15) is 22.9 Å². The van der Waals surface area contributed by atoms with Crippen molar-refractivity contribution in [3.63, 3.8) is 0 Å². The molecule has 0 atom stereocenters. The SMILES string of the molecule is Cc1cccn2c(=O)c(/C=C(\C#N)C(=O)N3CCOCC3)c(Oc3ccccc3F)nc12. The van der Waals surface area contributed by atoms with E-state index in [0.717, 1.165) is 6.08 Å². The van der Waals surface area contributed by atoms with Gasteiger partial charge in [-0.05, 0) is 36.8 Å². The molecule has 162 valence electrons. The molecule has 1 aliphatic rings. The van der Waals surface area contributed by atoms with Gasteiger partial charge in [-0.15, -0.1) is 0 Å². The molecule has 1 amide bonds. The topological polar surface area (TPSA) is 96.9 Å². The standard InChI is InChI=1S/C23H19FN4O4/c1-15-5-4-8-28-20(15)26-21(32-19-7-3-2-6-18(19)24)17(23(28)30)13-16(14-25)22(29)27-9-11-31-12-10-27/h2-8,13H,9-12H2,1H3/b16-13+. The number of ether oxygens (including phenoxy) is 2. The Kier molecular flexibility index (Phi) is 5.96. The van der Waals surface area contributed by atoms with Crippen LogP contribution in [0.1, 0.15) is 11.1 Å². The Balaban J connectivity index is 1.88. The van der Waals surface area contributed by atoms with E-state index in [1.54, 1.807) is 25.1 Å². The number of aromatic nitrogens is 2. The minimum atomic E-state index is -0.640. The Bertz CT molecular complexity index is 1320. The molecule has 1 saturated heterocycles. The number of aryl methyl sites for hydroxylation is 1. The van der Waals surface area contributed by atoms with E-state index in [1.807, 2.05) is 6.07 Å². The van der Waals surface area contributed by atoms with Crippen LogP contribution in [0.3, 0.4) is 0 Å². The summed E-state index contributed by atoms with van der Waals surface area (Å²) in [6.45, 7) is 3.18. The van der Waals surface area contributed by atoms with Crippen LogP contribution in [0.25, 0.3) is 11.7 Å². The Hall–Kier alpha value is -4.03. The molecule has 3 aromatic rings. The van der Waals surface area contributed by atoms with Gasteiger partial charge in [0.15, 0.2) is 11.6 Å². The number of pyridine rings is 1. The highest BCUT2D eigenvalue weighted by Crippen LogP contribution is 2.27. The van der Waals surface area contributed by atoms with Crippen LogP contribution < -0.4 is 10.3 Å². The first-order valence-electron chi connectivity index (χ1n) is 9.93. The van der Waals surface area contributed by atoms with Crippen LogP contribution in [0.5, 0.6) is 11.6 Å². The number of carbonyl (C=O) groups excluding carboxylic acids is 1. The number of rotatable bonds is 4. The predicted octanol–water partition coefficient (Wildman–Crippen LogP) is 2.70. The molecule has 1 aliphatic heterocycles. The van der Waals surface area contributed by atoms with Gasteiger partial charge in [0.25, 0.3) is 11.5 Å². The van der Waals surface area contributed by atoms with Crippen molar-refractivity contribution >= 4 is 17.6 Å². The molecule has 8 nitrogen and oxygen atoms in total. The molecule has 0 radical (unpaired) electrons. The third kappa shape index (κ3) is 4.08. The van der Waals surface area contributed by atoms with Gasteiger partial charge in [0.2, 0.25) is 5.88 Å². The highest BCUT2D eigenvalue weighted by atomic mass is 19.1. The summed E-state index contributed by atoms with van der Waals surface area (Å²) in [6.07, 6.45) is 2.68. The van der Waals surface area contributed by atoms with E-state index >= 15 is 0 Å². The molecular weight excluding hydrogens is 415 g/mol. The van der Waals surface area contributed by atoms with Crippen molar-refractivity contribution < 1.29 is 18.7 Å². The van der Waals surface area contributed by atoms with Gasteiger partial charge in [-0.1, -0.05) is 18.2 Å². The maximum Gasteiger partial charge on any atom is 0.269 e. The normalized spacial score (nSPS) is 14.3. The van der Waals surface area contributed by atoms with Crippen LogP contribution in [-0.4, -0.2) is 46.5 Å². The van der Waals surface area contributed by atoms with Gasteiger partial charge >= 0.3 is 0 Å². The summed E-state index contributed by atoms with van der Waals surface area (Å²) >= 11 is 0. The van der Waals surface area contributed by atoms with Gasteiger partial charge in [-0.2, -0.15) is 10.2 Å². The fraction of sp³-hybridized carbons (Fsp3) is 0.217. The molecule has 0 aliphatic carbocycles. The lowest BCUT2D eigenvalue weighted by Gasteiger charge is -2.26. The smallest absolute Gasteiger partial charge is 0.269 e. The quantitative estimate of drug-likeness (QED) is 0.463. The average Bonchev–Trinajstić information content (AvgIpc) is 2.81. The predicted molar refractivity (Wildman–Crippen MR) is 114 cm³/mol.